The Morgan fingerprint density at radius 3 is 3.00 bits per heavy atom. The van der Waals surface area contributed by atoms with E-state index in [-0.39, 0.29) is 0 Å². The van der Waals surface area contributed by atoms with Crippen LogP contribution in [0.2, 0.25) is 0 Å². The standard InChI is InChI=1S/C13H13NO2S/c1-2-12-13(16-9-15-12)7-11(1)14-5-3-10-4-6-17-8-10/h1-2,4,6-8,14H,3,5,9H2. The van der Waals surface area contributed by atoms with Gasteiger partial charge >= 0.3 is 0 Å². The van der Waals surface area contributed by atoms with Crippen molar-refractivity contribution in [3.63, 3.8) is 0 Å². The number of rotatable bonds is 4. The lowest BCUT2D eigenvalue weighted by Gasteiger charge is -2.06. The second-order valence-electron chi connectivity index (χ2n) is 3.88. The van der Waals surface area contributed by atoms with Crippen LogP contribution in [-0.2, 0) is 6.42 Å². The summed E-state index contributed by atoms with van der Waals surface area (Å²) in [7, 11) is 0. The van der Waals surface area contributed by atoms with Crippen molar-refractivity contribution in [2.75, 3.05) is 18.7 Å². The molecule has 0 unspecified atom stereocenters. The van der Waals surface area contributed by atoms with E-state index in [1.807, 2.05) is 18.2 Å². The Bertz CT molecular complexity index is 496. The van der Waals surface area contributed by atoms with E-state index in [0.29, 0.717) is 6.79 Å². The van der Waals surface area contributed by atoms with Gasteiger partial charge in [0, 0.05) is 18.3 Å². The monoisotopic (exact) mass is 247 g/mol. The molecule has 0 aliphatic carbocycles. The van der Waals surface area contributed by atoms with Crippen LogP contribution in [0, 0.1) is 0 Å². The van der Waals surface area contributed by atoms with Crippen LogP contribution in [-0.4, -0.2) is 13.3 Å². The highest BCUT2D eigenvalue weighted by Gasteiger charge is 2.12. The van der Waals surface area contributed by atoms with E-state index in [4.69, 9.17) is 9.47 Å². The molecule has 1 aromatic heterocycles. The molecule has 0 saturated heterocycles. The molecule has 0 fully saturated rings. The molecule has 17 heavy (non-hydrogen) atoms. The van der Waals surface area contributed by atoms with Crippen LogP contribution in [0.1, 0.15) is 5.56 Å². The van der Waals surface area contributed by atoms with Crippen LogP contribution >= 0.6 is 11.3 Å². The van der Waals surface area contributed by atoms with Gasteiger partial charge in [0.2, 0.25) is 6.79 Å². The van der Waals surface area contributed by atoms with Gasteiger partial charge in [-0.3, -0.25) is 0 Å². The van der Waals surface area contributed by atoms with Gasteiger partial charge in [0.25, 0.3) is 0 Å². The van der Waals surface area contributed by atoms with Crippen molar-refractivity contribution in [2.24, 2.45) is 0 Å². The van der Waals surface area contributed by atoms with Crippen LogP contribution in [0.5, 0.6) is 11.5 Å². The summed E-state index contributed by atoms with van der Waals surface area (Å²) in [6.45, 7) is 1.25. The van der Waals surface area contributed by atoms with Gasteiger partial charge in [-0.15, -0.1) is 0 Å². The molecule has 1 aliphatic rings. The average Bonchev–Trinajstić information content (AvgIpc) is 2.98. The maximum absolute atomic E-state index is 5.33. The fraction of sp³-hybridized carbons (Fsp3) is 0.231. The van der Waals surface area contributed by atoms with Crippen molar-refractivity contribution in [3.8, 4) is 11.5 Å². The van der Waals surface area contributed by atoms with Gasteiger partial charge in [0.05, 0.1) is 0 Å². The van der Waals surface area contributed by atoms with E-state index in [1.54, 1.807) is 11.3 Å². The van der Waals surface area contributed by atoms with Crippen LogP contribution < -0.4 is 14.8 Å². The number of hydrogen-bond donors (Lipinski definition) is 1. The van der Waals surface area contributed by atoms with Crippen LogP contribution in [0.4, 0.5) is 5.69 Å². The second kappa shape index (κ2) is 4.67. The molecular formula is C13H13NO2S. The van der Waals surface area contributed by atoms with Gasteiger partial charge in [0.15, 0.2) is 11.5 Å². The van der Waals surface area contributed by atoms with Crippen molar-refractivity contribution in [3.05, 3.63) is 40.6 Å². The summed E-state index contributed by atoms with van der Waals surface area (Å²) >= 11 is 1.74. The molecule has 3 nitrogen and oxygen atoms in total. The Hall–Kier alpha value is -1.68. The first-order valence-electron chi connectivity index (χ1n) is 5.56. The third kappa shape index (κ3) is 2.36. The van der Waals surface area contributed by atoms with E-state index in [1.165, 1.54) is 5.56 Å². The van der Waals surface area contributed by atoms with Crippen LogP contribution in [0.3, 0.4) is 0 Å². The van der Waals surface area contributed by atoms with Gasteiger partial charge in [0.1, 0.15) is 0 Å². The zero-order valence-electron chi connectivity index (χ0n) is 9.31. The number of fused-ring (bicyclic) bond motifs is 1. The van der Waals surface area contributed by atoms with Crippen LogP contribution in [0.15, 0.2) is 35.0 Å². The van der Waals surface area contributed by atoms with Crippen molar-refractivity contribution < 1.29 is 9.47 Å². The number of anilines is 1. The number of thiophene rings is 1. The minimum Gasteiger partial charge on any atom is -0.454 e. The molecule has 1 aliphatic heterocycles. The molecule has 0 bridgehead atoms. The Balaban J connectivity index is 1.58. The van der Waals surface area contributed by atoms with E-state index >= 15 is 0 Å². The highest BCUT2D eigenvalue weighted by molar-refractivity contribution is 7.07. The maximum Gasteiger partial charge on any atom is 0.231 e. The largest absolute Gasteiger partial charge is 0.454 e. The zero-order chi connectivity index (χ0) is 11.5. The lowest BCUT2D eigenvalue weighted by atomic mass is 10.2. The summed E-state index contributed by atoms with van der Waals surface area (Å²) in [5.41, 5.74) is 2.45. The van der Waals surface area contributed by atoms with E-state index in [2.05, 4.69) is 22.1 Å². The Morgan fingerprint density at radius 1 is 1.18 bits per heavy atom. The summed E-state index contributed by atoms with van der Waals surface area (Å²) in [6, 6.07) is 8.10. The van der Waals surface area contributed by atoms with Gasteiger partial charge in [-0.1, -0.05) is 0 Å². The fourth-order valence-corrected chi connectivity index (χ4v) is 2.50. The third-order valence-corrected chi connectivity index (χ3v) is 3.43. The number of benzene rings is 1. The first-order chi connectivity index (χ1) is 8.42. The summed E-state index contributed by atoms with van der Waals surface area (Å²) < 4.78 is 10.6. The minimum atomic E-state index is 0.327. The van der Waals surface area contributed by atoms with Crippen LogP contribution in [0.25, 0.3) is 0 Å². The quantitative estimate of drug-likeness (QED) is 0.900. The molecule has 0 amide bonds. The normalized spacial score (nSPS) is 12.7. The van der Waals surface area contributed by atoms with E-state index in [0.717, 1.165) is 30.2 Å². The molecule has 2 aromatic rings. The zero-order valence-corrected chi connectivity index (χ0v) is 10.1. The lowest BCUT2D eigenvalue weighted by Crippen LogP contribution is -2.03. The van der Waals surface area contributed by atoms with Crippen molar-refractivity contribution in [2.45, 2.75) is 6.42 Å². The molecule has 0 saturated carbocycles. The number of ether oxygens (including phenoxy) is 2. The molecule has 4 heteroatoms. The molecule has 1 N–H and O–H groups in total. The Labute approximate surface area is 104 Å². The van der Waals surface area contributed by atoms with Gasteiger partial charge in [-0.05, 0) is 40.9 Å². The molecule has 0 spiro atoms. The third-order valence-electron chi connectivity index (χ3n) is 2.70. The Morgan fingerprint density at radius 2 is 2.12 bits per heavy atom. The van der Waals surface area contributed by atoms with Crippen molar-refractivity contribution >= 4 is 17.0 Å². The molecule has 3 rings (SSSR count). The highest BCUT2D eigenvalue weighted by atomic mass is 32.1. The molecule has 0 radical (unpaired) electrons. The Kier molecular flexibility index (Phi) is 2.88. The van der Waals surface area contributed by atoms with E-state index in [9.17, 15) is 0 Å². The summed E-state index contributed by atoms with van der Waals surface area (Å²) in [6.07, 6.45) is 1.04. The summed E-state index contributed by atoms with van der Waals surface area (Å²) in [5.74, 6) is 1.65. The van der Waals surface area contributed by atoms with Gasteiger partial charge in [-0.2, -0.15) is 11.3 Å². The average molecular weight is 247 g/mol. The molecule has 1 aromatic carbocycles. The second-order valence-corrected chi connectivity index (χ2v) is 4.66. The topological polar surface area (TPSA) is 30.5 Å². The predicted molar refractivity (Wildman–Crippen MR) is 69.1 cm³/mol. The number of hydrogen-bond acceptors (Lipinski definition) is 4. The minimum absolute atomic E-state index is 0.327. The van der Waals surface area contributed by atoms with Gasteiger partial charge < -0.3 is 14.8 Å². The van der Waals surface area contributed by atoms with Crippen molar-refractivity contribution in [1.29, 1.82) is 0 Å². The van der Waals surface area contributed by atoms with Gasteiger partial charge in [-0.25, -0.2) is 0 Å². The van der Waals surface area contributed by atoms with Crippen molar-refractivity contribution in [1.82, 2.24) is 0 Å². The lowest BCUT2D eigenvalue weighted by molar-refractivity contribution is 0.174. The molecule has 0 atom stereocenters. The van der Waals surface area contributed by atoms with E-state index < -0.39 is 0 Å². The molecule has 88 valence electrons. The summed E-state index contributed by atoms with van der Waals surface area (Å²) in [5, 5.41) is 7.67. The fourth-order valence-electron chi connectivity index (χ4n) is 1.79. The SMILES string of the molecule is c1cc(CCNc2ccc3c(c2)OCO3)cs1. The molecule has 2 heterocycles. The highest BCUT2D eigenvalue weighted by Crippen LogP contribution is 2.34. The summed E-state index contributed by atoms with van der Waals surface area (Å²) in [4.78, 5) is 0. The smallest absolute Gasteiger partial charge is 0.231 e. The maximum atomic E-state index is 5.33. The number of nitrogens with one attached hydrogen (secondary N) is 1. The first kappa shape index (κ1) is 10.5. The molecular weight excluding hydrogens is 234 g/mol. The predicted octanol–water partition coefficient (Wildman–Crippen LogP) is 3.13. The first-order valence-corrected chi connectivity index (χ1v) is 6.51.